The van der Waals surface area contributed by atoms with Crippen LogP contribution in [0.3, 0.4) is 0 Å². The number of nitrogens with one attached hydrogen (secondary N) is 1. The lowest BCUT2D eigenvalue weighted by Crippen LogP contribution is -2.48. The van der Waals surface area contributed by atoms with Crippen LogP contribution in [0, 0.1) is 5.82 Å². The van der Waals surface area contributed by atoms with Gasteiger partial charge >= 0.3 is 5.97 Å². The lowest BCUT2D eigenvalue weighted by Gasteiger charge is -2.22. The quantitative estimate of drug-likeness (QED) is 0.753. The van der Waals surface area contributed by atoms with Crippen molar-refractivity contribution in [3.63, 3.8) is 0 Å². The summed E-state index contributed by atoms with van der Waals surface area (Å²) >= 11 is 0. The van der Waals surface area contributed by atoms with Crippen molar-refractivity contribution in [2.24, 2.45) is 0 Å². The highest BCUT2D eigenvalue weighted by Crippen LogP contribution is 2.11. The molecule has 0 spiro atoms. The lowest BCUT2D eigenvalue weighted by molar-refractivity contribution is -0.144. The number of carbonyl (C=O) groups is 2. The summed E-state index contributed by atoms with van der Waals surface area (Å²) < 4.78 is 39.3. The summed E-state index contributed by atoms with van der Waals surface area (Å²) in [6.07, 6.45) is 0.142. The van der Waals surface area contributed by atoms with Crippen molar-refractivity contribution in [3.8, 4) is 0 Å². The van der Waals surface area contributed by atoms with Gasteiger partial charge in [-0.3, -0.25) is 9.59 Å². The fourth-order valence-corrected chi connectivity index (χ4v) is 3.00. The molecule has 1 aromatic carbocycles. The summed E-state index contributed by atoms with van der Waals surface area (Å²) in [6.45, 7) is 1.05. The summed E-state index contributed by atoms with van der Waals surface area (Å²) in [6, 6.07) is 3.05. The topological polar surface area (TPSA) is 104 Å². The number of carboxylic acids is 1. The predicted octanol–water partition coefficient (Wildman–Crippen LogP) is 0.426. The fraction of sp³-hybridized carbons (Fsp3) is 0.385. The van der Waals surface area contributed by atoms with Crippen LogP contribution >= 0.6 is 0 Å². The van der Waals surface area contributed by atoms with Gasteiger partial charge in [0.2, 0.25) is 15.9 Å². The van der Waals surface area contributed by atoms with E-state index >= 15 is 0 Å². The minimum absolute atomic E-state index is 0.142. The van der Waals surface area contributed by atoms with Crippen molar-refractivity contribution >= 4 is 21.9 Å². The van der Waals surface area contributed by atoms with Gasteiger partial charge in [-0.25, -0.2) is 12.8 Å². The Hall–Kier alpha value is -2.00. The second kappa shape index (κ2) is 7.32. The van der Waals surface area contributed by atoms with Gasteiger partial charge in [-0.15, -0.1) is 0 Å². The molecule has 0 saturated carbocycles. The number of carboxylic acid groups (broad SMARTS) is 1. The number of carbonyl (C=O) groups excluding carboxylic acids is 1. The van der Waals surface area contributed by atoms with Crippen LogP contribution in [0.15, 0.2) is 29.2 Å². The Morgan fingerprint density at radius 1 is 1.32 bits per heavy atom. The summed E-state index contributed by atoms with van der Waals surface area (Å²) in [5.41, 5.74) is 0. The molecule has 0 heterocycles. The maximum absolute atomic E-state index is 12.8. The van der Waals surface area contributed by atoms with E-state index in [2.05, 4.69) is 4.72 Å². The van der Waals surface area contributed by atoms with Crippen LogP contribution in [0.25, 0.3) is 0 Å². The van der Waals surface area contributed by atoms with Gasteiger partial charge in [0.25, 0.3) is 0 Å². The molecule has 1 rings (SSSR count). The number of sulfonamides is 1. The highest BCUT2D eigenvalue weighted by atomic mass is 32.2. The average molecular weight is 332 g/mol. The Kier molecular flexibility index (Phi) is 6.01. The van der Waals surface area contributed by atoms with Crippen LogP contribution in [0.4, 0.5) is 4.39 Å². The van der Waals surface area contributed by atoms with Crippen molar-refractivity contribution < 1.29 is 27.5 Å². The van der Waals surface area contributed by atoms with E-state index in [1.54, 1.807) is 6.92 Å². The minimum Gasteiger partial charge on any atom is -0.480 e. The highest BCUT2D eigenvalue weighted by molar-refractivity contribution is 7.89. The number of likely N-dealkylation sites (N-methyl/N-ethyl adjacent to an activating group) is 1. The second-order valence-electron chi connectivity index (χ2n) is 4.62. The number of benzene rings is 1. The van der Waals surface area contributed by atoms with Crippen LogP contribution in [0.1, 0.15) is 13.3 Å². The zero-order chi connectivity index (χ0) is 16.9. The van der Waals surface area contributed by atoms with Crippen molar-refractivity contribution in [1.29, 1.82) is 0 Å². The molecule has 7 nitrogen and oxygen atoms in total. The number of hydrogen-bond acceptors (Lipinski definition) is 4. The molecular formula is C13H17FN2O5S. The fourth-order valence-electron chi connectivity index (χ4n) is 1.72. The molecule has 0 aliphatic carbocycles. The van der Waals surface area contributed by atoms with Gasteiger partial charge in [0.05, 0.1) is 4.90 Å². The number of nitrogens with zero attached hydrogens (tertiary/aromatic N) is 1. The standard InChI is InChI=1S/C13H17FN2O5S/c1-3-11(13(19)16(2)8-12(17)18)15-22(20,21)10-6-4-9(14)5-7-10/h4-7,11,15H,3,8H2,1-2H3,(H,17,18). The zero-order valence-corrected chi connectivity index (χ0v) is 12.9. The third-order valence-corrected chi connectivity index (χ3v) is 4.36. The van der Waals surface area contributed by atoms with Crippen molar-refractivity contribution in [1.82, 2.24) is 9.62 Å². The van der Waals surface area contributed by atoms with Crippen LogP contribution in [0.5, 0.6) is 0 Å². The summed E-state index contributed by atoms with van der Waals surface area (Å²) in [7, 11) is -2.74. The van der Waals surface area contributed by atoms with E-state index in [1.165, 1.54) is 7.05 Å². The molecule has 0 aliphatic heterocycles. The van der Waals surface area contributed by atoms with Gasteiger partial charge in [0.1, 0.15) is 18.4 Å². The maximum atomic E-state index is 12.8. The molecule has 0 bridgehead atoms. The van der Waals surface area contributed by atoms with Crippen LogP contribution in [-0.4, -0.2) is 49.9 Å². The Labute approximate surface area is 127 Å². The largest absolute Gasteiger partial charge is 0.480 e. The van der Waals surface area contributed by atoms with E-state index in [1.807, 2.05) is 0 Å². The van der Waals surface area contributed by atoms with E-state index in [4.69, 9.17) is 5.11 Å². The number of halogens is 1. The van der Waals surface area contributed by atoms with Gasteiger partial charge in [0.15, 0.2) is 0 Å². The molecule has 0 aromatic heterocycles. The zero-order valence-electron chi connectivity index (χ0n) is 12.1. The first-order valence-corrected chi connectivity index (χ1v) is 7.90. The first-order valence-electron chi connectivity index (χ1n) is 6.42. The first-order chi connectivity index (χ1) is 10.2. The number of rotatable bonds is 7. The SMILES string of the molecule is CCC(NS(=O)(=O)c1ccc(F)cc1)C(=O)N(C)CC(=O)O. The molecule has 9 heteroatoms. The molecule has 1 amide bonds. The van der Waals surface area contributed by atoms with Gasteiger partial charge in [-0.05, 0) is 30.7 Å². The van der Waals surface area contributed by atoms with Crippen molar-refractivity contribution in [2.75, 3.05) is 13.6 Å². The Bertz CT molecular complexity index is 645. The Morgan fingerprint density at radius 2 is 1.86 bits per heavy atom. The average Bonchev–Trinajstić information content (AvgIpc) is 2.43. The highest BCUT2D eigenvalue weighted by Gasteiger charge is 2.27. The van der Waals surface area contributed by atoms with E-state index in [9.17, 15) is 22.4 Å². The van der Waals surface area contributed by atoms with Gasteiger partial charge < -0.3 is 10.0 Å². The van der Waals surface area contributed by atoms with Gasteiger partial charge in [0, 0.05) is 7.05 Å². The molecule has 122 valence electrons. The summed E-state index contributed by atoms with van der Waals surface area (Å²) in [5, 5.41) is 8.66. The molecule has 0 saturated heterocycles. The molecule has 0 fully saturated rings. The Morgan fingerprint density at radius 3 is 2.32 bits per heavy atom. The molecule has 0 aliphatic rings. The second-order valence-corrected chi connectivity index (χ2v) is 6.34. The Balaban J connectivity index is 2.90. The van der Waals surface area contributed by atoms with Crippen LogP contribution < -0.4 is 4.72 Å². The van der Waals surface area contributed by atoms with E-state index in [0.717, 1.165) is 29.2 Å². The molecule has 1 unspecified atom stereocenters. The smallest absolute Gasteiger partial charge is 0.323 e. The maximum Gasteiger partial charge on any atom is 0.323 e. The third kappa shape index (κ3) is 4.78. The number of amides is 1. The van der Waals surface area contributed by atoms with Gasteiger partial charge in [-0.2, -0.15) is 4.72 Å². The first kappa shape index (κ1) is 18.1. The number of aliphatic carboxylic acids is 1. The number of hydrogen-bond donors (Lipinski definition) is 2. The molecule has 1 aromatic rings. The third-order valence-electron chi connectivity index (χ3n) is 2.88. The van der Waals surface area contributed by atoms with E-state index < -0.39 is 40.3 Å². The van der Waals surface area contributed by atoms with Crippen LogP contribution in [0.2, 0.25) is 0 Å². The molecule has 0 radical (unpaired) electrons. The monoisotopic (exact) mass is 332 g/mol. The van der Waals surface area contributed by atoms with Crippen LogP contribution in [-0.2, 0) is 19.6 Å². The lowest BCUT2D eigenvalue weighted by atomic mass is 10.2. The van der Waals surface area contributed by atoms with E-state index in [0.29, 0.717) is 0 Å². The van der Waals surface area contributed by atoms with Crippen molar-refractivity contribution in [2.45, 2.75) is 24.3 Å². The molecular weight excluding hydrogens is 315 g/mol. The molecule has 22 heavy (non-hydrogen) atoms. The molecule has 2 N–H and O–H groups in total. The van der Waals surface area contributed by atoms with Crippen molar-refractivity contribution in [3.05, 3.63) is 30.1 Å². The van der Waals surface area contributed by atoms with Gasteiger partial charge in [-0.1, -0.05) is 6.92 Å². The predicted molar refractivity (Wildman–Crippen MR) is 76.1 cm³/mol. The van der Waals surface area contributed by atoms with E-state index in [-0.39, 0.29) is 11.3 Å². The summed E-state index contributed by atoms with van der Waals surface area (Å²) in [5.74, 6) is -2.44. The molecule has 1 atom stereocenters. The normalized spacial score (nSPS) is 12.7. The summed E-state index contributed by atoms with van der Waals surface area (Å²) in [4.78, 5) is 23.4. The minimum atomic E-state index is -4.01.